The molecular formula is C22H25N3O2. The summed E-state index contributed by atoms with van der Waals surface area (Å²) in [5.74, 6) is 0. The summed E-state index contributed by atoms with van der Waals surface area (Å²) < 4.78 is 1.56. The molecule has 0 unspecified atom stereocenters. The van der Waals surface area contributed by atoms with Crippen LogP contribution in [0.3, 0.4) is 0 Å². The van der Waals surface area contributed by atoms with Crippen molar-refractivity contribution < 1.29 is 5.11 Å². The van der Waals surface area contributed by atoms with Gasteiger partial charge in [0.2, 0.25) is 0 Å². The maximum atomic E-state index is 12.7. The lowest BCUT2D eigenvalue weighted by Crippen LogP contribution is -2.48. The summed E-state index contributed by atoms with van der Waals surface area (Å²) in [5.41, 5.74) is 1.10. The molecule has 0 amide bonds. The third-order valence-corrected chi connectivity index (χ3v) is 5.54. The average Bonchev–Trinajstić information content (AvgIpc) is 2.71. The van der Waals surface area contributed by atoms with Gasteiger partial charge in [-0.1, -0.05) is 42.5 Å². The number of piperidine rings is 1. The number of aliphatic hydroxyl groups is 1. The van der Waals surface area contributed by atoms with Crippen molar-refractivity contribution in [1.82, 2.24) is 14.5 Å². The fourth-order valence-electron chi connectivity index (χ4n) is 3.82. The highest BCUT2D eigenvalue weighted by Gasteiger charge is 2.33. The van der Waals surface area contributed by atoms with E-state index in [2.05, 4.69) is 34.1 Å². The van der Waals surface area contributed by atoms with E-state index in [1.165, 1.54) is 5.56 Å². The quantitative estimate of drug-likeness (QED) is 0.757. The first-order chi connectivity index (χ1) is 13.1. The Bertz CT molecular complexity index is 960. The summed E-state index contributed by atoms with van der Waals surface area (Å²) in [7, 11) is 0. The van der Waals surface area contributed by atoms with Crippen molar-refractivity contribution in [1.29, 1.82) is 0 Å². The van der Waals surface area contributed by atoms with Crippen LogP contribution in [0.25, 0.3) is 10.9 Å². The number of nitrogens with zero attached hydrogens (tertiary/aromatic N) is 3. The monoisotopic (exact) mass is 363 g/mol. The van der Waals surface area contributed by atoms with Crippen LogP contribution < -0.4 is 5.56 Å². The van der Waals surface area contributed by atoms with Gasteiger partial charge >= 0.3 is 0 Å². The van der Waals surface area contributed by atoms with Crippen LogP contribution in [0.2, 0.25) is 0 Å². The summed E-state index contributed by atoms with van der Waals surface area (Å²) in [6.07, 6.45) is 3.92. The third-order valence-electron chi connectivity index (χ3n) is 5.54. The van der Waals surface area contributed by atoms with Gasteiger partial charge in [-0.25, -0.2) is 4.98 Å². The number of benzene rings is 2. The summed E-state index contributed by atoms with van der Waals surface area (Å²) in [4.78, 5) is 19.4. The summed E-state index contributed by atoms with van der Waals surface area (Å²) in [6, 6.07) is 17.8. The SMILES string of the molecule is O=c1c2ccccc2ncn1CC1(O)CCN(CCc2ccccc2)CC1. The van der Waals surface area contributed by atoms with Gasteiger partial charge in [-0.15, -0.1) is 0 Å². The van der Waals surface area contributed by atoms with Crippen molar-refractivity contribution in [3.63, 3.8) is 0 Å². The van der Waals surface area contributed by atoms with Crippen molar-refractivity contribution in [2.45, 2.75) is 31.4 Å². The fraction of sp³-hybridized carbons (Fsp3) is 0.364. The molecule has 1 aliphatic rings. The molecule has 2 heterocycles. The van der Waals surface area contributed by atoms with E-state index in [-0.39, 0.29) is 5.56 Å². The Balaban J connectivity index is 1.38. The molecule has 0 atom stereocenters. The lowest BCUT2D eigenvalue weighted by molar-refractivity contribution is -0.0345. The largest absolute Gasteiger partial charge is 0.388 e. The van der Waals surface area contributed by atoms with Gasteiger partial charge in [0.25, 0.3) is 5.56 Å². The molecule has 0 bridgehead atoms. The van der Waals surface area contributed by atoms with Crippen LogP contribution in [0.5, 0.6) is 0 Å². The lowest BCUT2D eigenvalue weighted by atomic mass is 9.91. The first kappa shape index (κ1) is 17.9. The molecule has 1 aromatic heterocycles. The van der Waals surface area contributed by atoms with Crippen LogP contribution in [-0.4, -0.2) is 44.8 Å². The van der Waals surface area contributed by atoms with Crippen LogP contribution in [-0.2, 0) is 13.0 Å². The van der Waals surface area contributed by atoms with Crippen molar-refractivity contribution in [2.75, 3.05) is 19.6 Å². The van der Waals surface area contributed by atoms with Gasteiger partial charge in [0.15, 0.2) is 0 Å². The summed E-state index contributed by atoms with van der Waals surface area (Å²) in [5, 5.41) is 11.6. The second-order valence-electron chi connectivity index (χ2n) is 7.50. The zero-order valence-corrected chi connectivity index (χ0v) is 15.4. The predicted molar refractivity (Wildman–Crippen MR) is 107 cm³/mol. The Morgan fingerprint density at radius 2 is 1.70 bits per heavy atom. The van der Waals surface area contributed by atoms with Gasteiger partial charge in [-0.2, -0.15) is 0 Å². The van der Waals surface area contributed by atoms with Gasteiger partial charge < -0.3 is 10.0 Å². The smallest absolute Gasteiger partial charge is 0.261 e. The molecule has 1 saturated heterocycles. The summed E-state index contributed by atoms with van der Waals surface area (Å²) >= 11 is 0. The highest BCUT2D eigenvalue weighted by molar-refractivity contribution is 5.76. The number of fused-ring (bicyclic) bond motifs is 1. The first-order valence-electron chi connectivity index (χ1n) is 9.56. The number of rotatable bonds is 5. The van der Waals surface area contributed by atoms with E-state index >= 15 is 0 Å². The highest BCUT2D eigenvalue weighted by Crippen LogP contribution is 2.24. The van der Waals surface area contributed by atoms with Crippen LogP contribution >= 0.6 is 0 Å². The highest BCUT2D eigenvalue weighted by atomic mass is 16.3. The molecule has 0 spiro atoms. The molecule has 0 saturated carbocycles. The molecule has 140 valence electrons. The molecule has 0 aliphatic carbocycles. The van der Waals surface area contributed by atoms with E-state index in [1.807, 2.05) is 24.3 Å². The van der Waals surface area contributed by atoms with Crippen LogP contribution in [0.1, 0.15) is 18.4 Å². The van der Waals surface area contributed by atoms with Crippen molar-refractivity contribution in [2.24, 2.45) is 0 Å². The van der Waals surface area contributed by atoms with E-state index in [0.717, 1.165) is 26.1 Å². The minimum Gasteiger partial charge on any atom is -0.388 e. The van der Waals surface area contributed by atoms with Gasteiger partial charge in [-0.3, -0.25) is 9.36 Å². The van der Waals surface area contributed by atoms with Gasteiger partial charge in [0.1, 0.15) is 0 Å². The molecule has 3 aromatic rings. The number of likely N-dealkylation sites (tertiary alicyclic amines) is 1. The Kier molecular flexibility index (Phi) is 5.05. The molecule has 1 fully saturated rings. The molecule has 0 radical (unpaired) electrons. The van der Waals surface area contributed by atoms with Gasteiger partial charge in [0, 0.05) is 19.6 Å². The second kappa shape index (κ2) is 7.62. The van der Waals surface area contributed by atoms with E-state index in [9.17, 15) is 9.90 Å². The van der Waals surface area contributed by atoms with Crippen LogP contribution in [0.4, 0.5) is 0 Å². The maximum absolute atomic E-state index is 12.7. The standard InChI is InChI=1S/C22H25N3O2/c26-21-19-8-4-5-9-20(19)23-17-25(21)16-22(27)11-14-24(15-12-22)13-10-18-6-2-1-3-7-18/h1-9,17,27H,10-16H2. The van der Waals surface area contributed by atoms with E-state index in [1.54, 1.807) is 17.0 Å². The molecule has 4 rings (SSSR count). The molecule has 2 aromatic carbocycles. The van der Waals surface area contributed by atoms with Crippen LogP contribution in [0, 0.1) is 0 Å². The molecule has 1 N–H and O–H groups in total. The topological polar surface area (TPSA) is 58.4 Å². The Morgan fingerprint density at radius 1 is 1.00 bits per heavy atom. The van der Waals surface area contributed by atoms with E-state index in [4.69, 9.17) is 0 Å². The average molecular weight is 363 g/mol. The Morgan fingerprint density at radius 3 is 2.48 bits per heavy atom. The fourth-order valence-corrected chi connectivity index (χ4v) is 3.82. The minimum absolute atomic E-state index is 0.0828. The lowest BCUT2D eigenvalue weighted by Gasteiger charge is -2.38. The number of aromatic nitrogens is 2. The number of hydrogen-bond donors (Lipinski definition) is 1. The Labute approximate surface area is 158 Å². The maximum Gasteiger partial charge on any atom is 0.261 e. The molecule has 27 heavy (non-hydrogen) atoms. The summed E-state index contributed by atoms with van der Waals surface area (Å²) in [6.45, 7) is 2.99. The number of hydrogen-bond acceptors (Lipinski definition) is 4. The third kappa shape index (κ3) is 4.10. The van der Waals surface area contributed by atoms with E-state index < -0.39 is 5.60 Å². The van der Waals surface area contributed by atoms with Crippen molar-refractivity contribution >= 4 is 10.9 Å². The first-order valence-corrected chi connectivity index (χ1v) is 9.56. The molecule has 5 nitrogen and oxygen atoms in total. The zero-order chi connectivity index (χ0) is 18.7. The normalized spacial score (nSPS) is 17.2. The van der Waals surface area contributed by atoms with Gasteiger partial charge in [0.05, 0.1) is 29.4 Å². The minimum atomic E-state index is -0.850. The molecule has 1 aliphatic heterocycles. The number of para-hydroxylation sites is 1. The molecular weight excluding hydrogens is 338 g/mol. The molecule has 5 heteroatoms. The van der Waals surface area contributed by atoms with Gasteiger partial charge in [-0.05, 0) is 37.0 Å². The Hall–Kier alpha value is -2.50. The zero-order valence-electron chi connectivity index (χ0n) is 15.4. The predicted octanol–water partition coefficient (Wildman–Crippen LogP) is 2.47. The van der Waals surface area contributed by atoms with E-state index in [0.29, 0.717) is 30.3 Å². The van der Waals surface area contributed by atoms with Crippen molar-refractivity contribution in [3.05, 3.63) is 76.8 Å². The van der Waals surface area contributed by atoms with Crippen molar-refractivity contribution in [3.8, 4) is 0 Å². The van der Waals surface area contributed by atoms with Crippen LogP contribution in [0.15, 0.2) is 65.7 Å². The second-order valence-corrected chi connectivity index (χ2v) is 7.50.